The van der Waals surface area contributed by atoms with Crippen molar-refractivity contribution >= 4 is 39.5 Å². The van der Waals surface area contributed by atoms with E-state index in [0.29, 0.717) is 44.8 Å². The molecular formula is C21H25BrN4O2S. The van der Waals surface area contributed by atoms with E-state index in [4.69, 9.17) is 0 Å². The van der Waals surface area contributed by atoms with Gasteiger partial charge in [-0.1, -0.05) is 30.8 Å². The first-order valence-corrected chi connectivity index (χ1v) is 11.3. The van der Waals surface area contributed by atoms with Crippen LogP contribution in [0.4, 0.5) is 0 Å². The molecule has 2 heterocycles. The summed E-state index contributed by atoms with van der Waals surface area (Å²) in [7, 11) is 0. The lowest BCUT2D eigenvalue weighted by atomic mass is 10.2. The highest BCUT2D eigenvalue weighted by molar-refractivity contribution is 9.10. The molecule has 1 N–H and O–H groups in total. The van der Waals surface area contributed by atoms with E-state index in [1.165, 1.54) is 11.8 Å². The molecule has 1 saturated heterocycles. The molecule has 1 aliphatic heterocycles. The van der Waals surface area contributed by atoms with Crippen LogP contribution in [0.3, 0.4) is 0 Å². The van der Waals surface area contributed by atoms with Crippen molar-refractivity contribution in [1.29, 1.82) is 0 Å². The van der Waals surface area contributed by atoms with Crippen molar-refractivity contribution in [3.8, 4) is 0 Å². The van der Waals surface area contributed by atoms with Gasteiger partial charge in [-0.05, 0) is 46.6 Å². The highest BCUT2D eigenvalue weighted by atomic mass is 79.9. The minimum Gasteiger partial charge on any atom is -0.355 e. The van der Waals surface area contributed by atoms with E-state index in [-0.39, 0.29) is 11.8 Å². The number of nitrogens with zero attached hydrogens (tertiary/aromatic N) is 3. The summed E-state index contributed by atoms with van der Waals surface area (Å²) in [4.78, 5) is 34.3. The maximum atomic E-state index is 13.1. The van der Waals surface area contributed by atoms with Gasteiger partial charge in [-0.2, -0.15) is 0 Å². The Morgan fingerprint density at radius 3 is 2.59 bits per heavy atom. The Morgan fingerprint density at radius 2 is 1.90 bits per heavy atom. The molecule has 0 spiro atoms. The number of pyridine rings is 1. The van der Waals surface area contributed by atoms with E-state index in [1.807, 2.05) is 48.2 Å². The highest BCUT2D eigenvalue weighted by Crippen LogP contribution is 2.30. The highest BCUT2D eigenvalue weighted by Gasteiger charge is 2.24. The van der Waals surface area contributed by atoms with Crippen molar-refractivity contribution < 1.29 is 9.59 Å². The SMILES string of the molecule is CCCNC(=O)CN1CCN(C(=O)c2ccccc2Sc2ccc(Br)cn2)CC1. The Hall–Kier alpha value is -1.90. The number of halogens is 1. The molecule has 0 saturated carbocycles. The summed E-state index contributed by atoms with van der Waals surface area (Å²) in [6, 6.07) is 11.5. The molecule has 1 aliphatic rings. The van der Waals surface area contributed by atoms with E-state index < -0.39 is 0 Å². The number of benzene rings is 1. The van der Waals surface area contributed by atoms with Crippen LogP contribution in [0, 0.1) is 0 Å². The van der Waals surface area contributed by atoms with Crippen molar-refractivity contribution in [2.75, 3.05) is 39.3 Å². The summed E-state index contributed by atoms with van der Waals surface area (Å²) < 4.78 is 0.924. The van der Waals surface area contributed by atoms with Gasteiger partial charge in [0.05, 0.1) is 12.1 Å². The molecule has 1 fully saturated rings. The number of aromatic nitrogens is 1. The molecule has 0 aliphatic carbocycles. The van der Waals surface area contributed by atoms with Crippen LogP contribution in [0.2, 0.25) is 0 Å². The lowest BCUT2D eigenvalue weighted by Crippen LogP contribution is -2.51. The molecule has 0 unspecified atom stereocenters. The van der Waals surface area contributed by atoms with E-state index in [0.717, 1.165) is 20.8 Å². The quantitative estimate of drug-likeness (QED) is 0.663. The first-order chi connectivity index (χ1) is 14.1. The van der Waals surface area contributed by atoms with Crippen LogP contribution in [0.15, 0.2) is 57.0 Å². The molecule has 0 atom stereocenters. The van der Waals surface area contributed by atoms with Gasteiger partial charge in [0, 0.05) is 48.3 Å². The van der Waals surface area contributed by atoms with Gasteiger partial charge in [-0.15, -0.1) is 0 Å². The number of amides is 2. The van der Waals surface area contributed by atoms with Crippen LogP contribution in [-0.4, -0.2) is 65.9 Å². The third-order valence-electron chi connectivity index (χ3n) is 4.63. The van der Waals surface area contributed by atoms with Crippen molar-refractivity contribution in [1.82, 2.24) is 20.1 Å². The zero-order chi connectivity index (χ0) is 20.6. The number of nitrogens with one attached hydrogen (secondary N) is 1. The van der Waals surface area contributed by atoms with E-state index in [9.17, 15) is 9.59 Å². The van der Waals surface area contributed by atoms with E-state index in [1.54, 1.807) is 6.20 Å². The normalized spacial score (nSPS) is 14.6. The summed E-state index contributed by atoms with van der Waals surface area (Å²) in [5.41, 5.74) is 0.691. The standard InChI is InChI=1S/C21H25BrN4O2S/c1-2-9-23-19(27)15-25-10-12-26(13-11-25)21(28)17-5-3-4-6-18(17)29-20-8-7-16(22)14-24-20/h3-8,14H,2,9-13,15H2,1H3,(H,23,27). The summed E-state index contributed by atoms with van der Waals surface area (Å²) in [5, 5.41) is 3.74. The first-order valence-electron chi connectivity index (χ1n) is 9.73. The predicted molar refractivity (Wildman–Crippen MR) is 118 cm³/mol. The summed E-state index contributed by atoms with van der Waals surface area (Å²) >= 11 is 4.88. The largest absolute Gasteiger partial charge is 0.355 e. The molecule has 6 nitrogen and oxygen atoms in total. The maximum absolute atomic E-state index is 13.1. The molecule has 0 bridgehead atoms. The third kappa shape index (κ3) is 6.29. The van der Waals surface area contributed by atoms with Gasteiger partial charge in [-0.3, -0.25) is 14.5 Å². The van der Waals surface area contributed by atoms with Gasteiger partial charge in [0.1, 0.15) is 5.03 Å². The average molecular weight is 477 g/mol. The van der Waals surface area contributed by atoms with Gasteiger partial charge >= 0.3 is 0 Å². The summed E-state index contributed by atoms with van der Waals surface area (Å²) in [5.74, 6) is 0.0793. The summed E-state index contributed by atoms with van der Waals surface area (Å²) in [6.45, 7) is 5.78. The van der Waals surface area contributed by atoms with Crippen LogP contribution < -0.4 is 5.32 Å². The van der Waals surface area contributed by atoms with Crippen LogP contribution >= 0.6 is 27.7 Å². The minimum atomic E-state index is 0.0281. The van der Waals surface area contributed by atoms with Gasteiger partial charge in [0.2, 0.25) is 5.91 Å². The number of hydrogen-bond donors (Lipinski definition) is 1. The molecular weight excluding hydrogens is 452 g/mol. The molecule has 3 rings (SSSR count). The second-order valence-corrected chi connectivity index (χ2v) is 8.81. The lowest BCUT2D eigenvalue weighted by Gasteiger charge is -2.34. The van der Waals surface area contributed by atoms with E-state index in [2.05, 4.69) is 31.1 Å². The van der Waals surface area contributed by atoms with Gasteiger partial charge in [0.25, 0.3) is 5.91 Å². The lowest BCUT2D eigenvalue weighted by molar-refractivity contribution is -0.122. The van der Waals surface area contributed by atoms with Crippen LogP contribution in [0.25, 0.3) is 0 Å². The predicted octanol–water partition coefficient (Wildman–Crippen LogP) is 3.28. The average Bonchev–Trinajstić information content (AvgIpc) is 2.74. The third-order valence-corrected chi connectivity index (χ3v) is 6.13. The molecule has 1 aromatic heterocycles. The molecule has 0 radical (unpaired) electrons. The zero-order valence-corrected chi connectivity index (χ0v) is 18.8. The smallest absolute Gasteiger partial charge is 0.255 e. The maximum Gasteiger partial charge on any atom is 0.255 e. The molecule has 154 valence electrons. The fourth-order valence-electron chi connectivity index (χ4n) is 3.07. The number of piperazine rings is 1. The molecule has 2 amide bonds. The Labute approximate surface area is 184 Å². The van der Waals surface area contributed by atoms with Crippen LogP contribution in [0.5, 0.6) is 0 Å². The Morgan fingerprint density at radius 1 is 1.14 bits per heavy atom. The van der Waals surface area contributed by atoms with Crippen molar-refractivity contribution in [2.24, 2.45) is 0 Å². The number of rotatable bonds is 7. The Balaban J connectivity index is 1.60. The van der Waals surface area contributed by atoms with Crippen molar-refractivity contribution in [3.63, 3.8) is 0 Å². The fraction of sp³-hybridized carbons (Fsp3) is 0.381. The zero-order valence-electron chi connectivity index (χ0n) is 16.4. The Bertz CT molecular complexity index is 839. The van der Waals surface area contributed by atoms with Crippen LogP contribution in [0.1, 0.15) is 23.7 Å². The Kier molecular flexibility index (Phi) is 8.09. The second kappa shape index (κ2) is 10.8. The van der Waals surface area contributed by atoms with Gasteiger partial charge < -0.3 is 10.2 Å². The number of carbonyl (C=O) groups excluding carboxylic acids is 2. The molecule has 8 heteroatoms. The van der Waals surface area contributed by atoms with Crippen molar-refractivity contribution in [3.05, 3.63) is 52.6 Å². The topological polar surface area (TPSA) is 65.5 Å². The fourth-order valence-corrected chi connectivity index (χ4v) is 4.18. The summed E-state index contributed by atoms with van der Waals surface area (Å²) in [6.07, 6.45) is 2.68. The minimum absolute atomic E-state index is 0.0281. The van der Waals surface area contributed by atoms with Gasteiger partial charge in [0.15, 0.2) is 0 Å². The number of carbonyl (C=O) groups is 2. The first kappa shape index (κ1) is 21.8. The number of hydrogen-bond acceptors (Lipinski definition) is 5. The van der Waals surface area contributed by atoms with Crippen LogP contribution in [-0.2, 0) is 4.79 Å². The molecule has 1 aromatic carbocycles. The van der Waals surface area contributed by atoms with E-state index >= 15 is 0 Å². The van der Waals surface area contributed by atoms with Crippen molar-refractivity contribution in [2.45, 2.75) is 23.3 Å². The second-order valence-electron chi connectivity index (χ2n) is 6.83. The van der Waals surface area contributed by atoms with Gasteiger partial charge in [-0.25, -0.2) is 4.98 Å². The molecule has 29 heavy (non-hydrogen) atoms. The molecule has 2 aromatic rings. The monoisotopic (exact) mass is 476 g/mol.